The van der Waals surface area contributed by atoms with Crippen LogP contribution in [0.4, 0.5) is 0 Å². The van der Waals surface area contributed by atoms with Crippen LogP contribution in [0.5, 0.6) is 11.6 Å². The Morgan fingerprint density at radius 1 is 1.00 bits per heavy atom. The largest absolute Gasteiger partial charge is 0.439 e. The van der Waals surface area contributed by atoms with Crippen molar-refractivity contribution in [2.75, 3.05) is 0 Å². The number of hydrogen-bond acceptors (Lipinski definition) is 3. The summed E-state index contributed by atoms with van der Waals surface area (Å²) >= 11 is 6.09. The second-order valence-corrected chi connectivity index (χ2v) is 6.80. The van der Waals surface area contributed by atoms with E-state index in [2.05, 4.69) is 23.0 Å². The van der Waals surface area contributed by atoms with Crippen molar-refractivity contribution in [1.29, 1.82) is 0 Å². The van der Waals surface area contributed by atoms with Gasteiger partial charge in [-0.2, -0.15) is 4.98 Å². The molecule has 0 radical (unpaired) electrons. The smallest absolute Gasteiger partial charge is 0.224 e. The van der Waals surface area contributed by atoms with Crippen LogP contribution in [0.25, 0.3) is 0 Å². The SMILES string of the molecule is Cc1cc(C)c(C)c(Oc2cc(Cl)nc(C(C)(C)C)n2)c1. The molecule has 0 unspecified atom stereocenters. The normalized spacial score (nSPS) is 11.6. The van der Waals surface area contributed by atoms with Gasteiger partial charge in [-0.15, -0.1) is 0 Å². The van der Waals surface area contributed by atoms with Crippen LogP contribution in [0.2, 0.25) is 5.15 Å². The van der Waals surface area contributed by atoms with Gasteiger partial charge in [0.15, 0.2) is 0 Å². The Morgan fingerprint density at radius 3 is 2.29 bits per heavy atom. The molecule has 1 heterocycles. The minimum Gasteiger partial charge on any atom is -0.439 e. The molecular formula is C17H21ClN2O. The first-order valence-corrected chi connectivity index (χ1v) is 7.35. The number of rotatable bonds is 2. The second kappa shape index (κ2) is 5.64. The van der Waals surface area contributed by atoms with Crippen LogP contribution >= 0.6 is 11.6 Å². The summed E-state index contributed by atoms with van der Waals surface area (Å²) in [5.74, 6) is 1.96. The fraction of sp³-hybridized carbons (Fsp3) is 0.412. The van der Waals surface area contributed by atoms with Crippen molar-refractivity contribution >= 4 is 11.6 Å². The van der Waals surface area contributed by atoms with E-state index in [0.717, 1.165) is 16.9 Å². The lowest BCUT2D eigenvalue weighted by atomic mass is 9.96. The summed E-state index contributed by atoms with van der Waals surface area (Å²) in [4.78, 5) is 8.76. The van der Waals surface area contributed by atoms with E-state index in [0.29, 0.717) is 16.9 Å². The first-order chi connectivity index (χ1) is 9.66. The molecule has 0 saturated heterocycles. The van der Waals surface area contributed by atoms with E-state index in [1.54, 1.807) is 6.07 Å². The summed E-state index contributed by atoms with van der Waals surface area (Å²) in [5.41, 5.74) is 3.28. The van der Waals surface area contributed by atoms with Gasteiger partial charge in [0.25, 0.3) is 0 Å². The van der Waals surface area contributed by atoms with Gasteiger partial charge in [-0.25, -0.2) is 4.98 Å². The number of hydrogen-bond donors (Lipinski definition) is 0. The average molecular weight is 305 g/mol. The standard InChI is InChI=1S/C17H21ClN2O/c1-10-7-11(2)12(3)13(8-10)21-15-9-14(18)19-16(20-15)17(4,5)6/h7-9H,1-6H3. The van der Waals surface area contributed by atoms with E-state index in [1.165, 1.54) is 5.56 Å². The first-order valence-electron chi connectivity index (χ1n) is 6.97. The zero-order valence-electron chi connectivity index (χ0n) is 13.4. The van der Waals surface area contributed by atoms with Crippen molar-refractivity contribution in [3.63, 3.8) is 0 Å². The molecule has 0 spiro atoms. The Labute approximate surface area is 131 Å². The summed E-state index contributed by atoms with van der Waals surface area (Å²) in [5, 5.41) is 0.395. The molecule has 3 nitrogen and oxygen atoms in total. The molecule has 21 heavy (non-hydrogen) atoms. The van der Waals surface area contributed by atoms with Crippen molar-refractivity contribution in [3.8, 4) is 11.6 Å². The zero-order chi connectivity index (χ0) is 15.8. The van der Waals surface area contributed by atoms with Crippen LogP contribution in [0.3, 0.4) is 0 Å². The number of ether oxygens (including phenoxy) is 1. The molecule has 1 aromatic carbocycles. The fourth-order valence-electron chi connectivity index (χ4n) is 2.00. The van der Waals surface area contributed by atoms with Gasteiger partial charge in [0.05, 0.1) is 0 Å². The van der Waals surface area contributed by atoms with E-state index in [1.807, 2.05) is 40.7 Å². The quantitative estimate of drug-likeness (QED) is 0.720. The Hall–Kier alpha value is -1.61. The summed E-state index contributed by atoms with van der Waals surface area (Å²) in [6, 6.07) is 5.79. The highest BCUT2D eigenvalue weighted by atomic mass is 35.5. The topological polar surface area (TPSA) is 35.0 Å². The van der Waals surface area contributed by atoms with Gasteiger partial charge in [0, 0.05) is 11.5 Å². The molecule has 0 aliphatic rings. The van der Waals surface area contributed by atoms with Crippen molar-refractivity contribution in [2.45, 2.75) is 47.0 Å². The molecule has 0 bridgehead atoms. The monoisotopic (exact) mass is 304 g/mol. The van der Waals surface area contributed by atoms with Gasteiger partial charge in [-0.3, -0.25) is 0 Å². The third-order valence-electron chi connectivity index (χ3n) is 3.32. The molecule has 0 aliphatic carbocycles. The number of halogens is 1. The van der Waals surface area contributed by atoms with Crippen molar-refractivity contribution < 1.29 is 4.74 Å². The van der Waals surface area contributed by atoms with Crippen molar-refractivity contribution in [3.05, 3.63) is 45.9 Å². The van der Waals surface area contributed by atoms with E-state index >= 15 is 0 Å². The van der Waals surface area contributed by atoms with Gasteiger partial charge in [0.2, 0.25) is 5.88 Å². The highest BCUT2D eigenvalue weighted by molar-refractivity contribution is 6.29. The molecule has 0 atom stereocenters. The lowest BCUT2D eigenvalue weighted by molar-refractivity contribution is 0.442. The third-order valence-corrected chi connectivity index (χ3v) is 3.51. The summed E-state index contributed by atoms with van der Waals surface area (Å²) < 4.78 is 5.95. The van der Waals surface area contributed by atoms with E-state index in [-0.39, 0.29) is 5.41 Å². The van der Waals surface area contributed by atoms with Gasteiger partial charge in [0.1, 0.15) is 16.7 Å². The summed E-state index contributed by atoms with van der Waals surface area (Å²) in [6.07, 6.45) is 0. The summed E-state index contributed by atoms with van der Waals surface area (Å²) in [7, 11) is 0. The van der Waals surface area contributed by atoms with Gasteiger partial charge in [-0.05, 0) is 43.5 Å². The van der Waals surface area contributed by atoms with Gasteiger partial charge >= 0.3 is 0 Å². The average Bonchev–Trinajstić information content (AvgIpc) is 2.33. The van der Waals surface area contributed by atoms with Crippen molar-refractivity contribution in [2.24, 2.45) is 0 Å². The minimum atomic E-state index is -0.180. The van der Waals surface area contributed by atoms with Crippen LogP contribution in [-0.2, 0) is 5.41 Å². The Morgan fingerprint density at radius 2 is 1.67 bits per heavy atom. The number of benzene rings is 1. The second-order valence-electron chi connectivity index (χ2n) is 6.41. The number of aromatic nitrogens is 2. The number of nitrogens with zero attached hydrogens (tertiary/aromatic N) is 2. The van der Waals surface area contributed by atoms with E-state index < -0.39 is 0 Å². The maximum atomic E-state index is 6.09. The van der Waals surface area contributed by atoms with Crippen LogP contribution in [0.1, 0.15) is 43.3 Å². The molecular weight excluding hydrogens is 284 g/mol. The van der Waals surface area contributed by atoms with Crippen molar-refractivity contribution in [1.82, 2.24) is 9.97 Å². The van der Waals surface area contributed by atoms with Crippen LogP contribution < -0.4 is 4.74 Å². The Bertz CT molecular complexity index is 675. The molecule has 2 aromatic rings. The Balaban J connectivity index is 2.43. The molecule has 2 rings (SSSR count). The van der Waals surface area contributed by atoms with Crippen LogP contribution in [-0.4, -0.2) is 9.97 Å². The predicted molar refractivity (Wildman–Crippen MR) is 86.5 cm³/mol. The number of aryl methyl sites for hydroxylation is 2. The highest BCUT2D eigenvalue weighted by Gasteiger charge is 2.19. The molecule has 0 aliphatic heterocycles. The zero-order valence-corrected chi connectivity index (χ0v) is 14.2. The maximum Gasteiger partial charge on any atom is 0.224 e. The molecule has 0 N–H and O–H groups in total. The summed E-state index contributed by atoms with van der Waals surface area (Å²) in [6.45, 7) is 12.3. The Kier molecular flexibility index (Phi) is 4.24. The molecule has 0 fully saturated rings. The van der Waals surface area contributed by atoms with E-state index in [4.69, 9.17) is 16.3 Å². The highest BCUT2D eigenvalue weighted by Crippen LogP contribution is 2.30. The minimum absolute atomic E-state index is 0.180. The lowest BCUT2D eigenvalue weighted by Gasteiger charge is -2.18. The van der Waals surface area contributed by atoms with Crippen LogP contribution in [0.15, 0.2) is 18.2 Å². The van der Waals surface area contributed by atoms with Gasteiger partial charge in [-0.1, -0.05) is 38.4 Å². The lowest BCUT2D eigenvalue weighted by Crippen LogP contribution is -2.16. The van der Waals surface area contributed by atoms with E-state index in [9.17, 15) is 0 Å². The molecule has 4 heteroatoms. The van der Waals surface area contributed by atoms with Gasteiger partial charge < -0.3 is 4.74 Å². The predicted octanol–water partition coefficient (Wildman–Crippen LogP) is 5.15. The molecule has 112 valence electrons. The first kappa shape index (κ1) is 15.8. The maximum absolute atomic E-state index is 6.09. The molecule has 0 amide bonds. The molecule has 1 aromatic heterocycles. The fourth-order valence-corrected chi connectivity index (χ4v) is 2.18. The van der Waals surface area contributed by atoms with Crippen LogP contribution in [0, 0.1) is 20.8 Å². The molecule has 0 saturated carbocycles. The third kappa shape index (κ3) is 3.73.